The molecule has 0 bridgehead atoms. The highest BCUT2D eigenvalue weighted by Crippen LogP contribution is 2.31. The van der Waals surface area contributed by atoms with Gasteiger partial charge in [-0.05, 0) is 35.9 Å². The van der Waals surface area contributed by atoms with Gasteiger partial charge in [-0.2, -0.15) is 0 Å². The average molecular weight is 397 g/mol. The van der Waals surface area contributed by atoms with Crippen molar-refractivity contribution in [3.63, 3.8) is 0 Å². The van der Waals surface area contributed by atoms with E-state index in [1.165, 1.54) is 35.4 Å². The molecule has 4 rings (SSSR count). The molecule has 1 N–H and O–H groups in total. The van der Waals surface area contributed by atoms with Crippen molar-refractivity contribution in [1.29, 1.82) is 0 Å². The number of nitrogens with zero attached hydrogens (tertiary/aromatic N) is 3. The number of nitrogens with one attached hydrogen (secondary N) is 1. The second-order valence-corrected chi connectivity index (χ2v) is 7.32. The van der Waals surface area contributed by atoms with E-state index in [-0.39, 0.29) is 11.5 Å². The number of carbonyl (C=O) groups excluding carboxylic acids is 1. The summed E-state index contributed by atoms with van der Waals surface area (Å²) < 4.78 is 2.00. The van der Waals surface area contributed by atoms with Gasteiger partial charge in [0.2, 0.25) is 5.91 Å². The molecule has 0 aliphatic rings. The summed E-state index contributed by atoms with van der Waals surface area (Å²) >= 11 is 7.33. The molecule has 0 radical (unpaired) electrons. The van der Waals surface area contributed by atoms with Gasteiger partial charge in [0.05, 0.1) is 17.4 Å². The number of hydrogen-bond donors (Lipinski definition) is 1. The maximum absolute atomic E-state index is 12.9. The second kappa shape index (κ2) is 6.94. The summed E-state index contributed by atoms with van der Waals surface area (Å²) in [7, 11) is 0. The van der Waals surface area contributed by atoms with Crippen LogP contribution >= 0.6 is 22.9 Å². The minimum Gasteiger partial charge on any atom is -0.311 e. The van der Waals surface area contributed by atoms with Crippen molar-refractivity contribution in [2.75, 3.05) is 5.32 Å². The highest BCUT2D eigenvalue weighted by molar-refractivity contribution is 7.22. The van der Waals surface area contributed by atoms with E-state index in [1.807, 2.05) is 30.3 Å². The molecule has 3 heterocycles. The quantitative estimate of drug-likeness (QED) is 0.565. The van der Waals surface area contributed by atoms with E-state index in [0.29, 0.717) is 26.7 Å². The Balaban J connectivity index is 1.75. The number of pyridine rings is 1. The zero-order valence-electron chi connectivity index (χ0n) is 14.1. The SMILES string of the molecule is CC(=O)Nc1ccc(-n2cnc3cc(-c4ccc(Cl)cc4)sc3c2=O)cn1. The van der Waals surface area contributed by atoms with Crippen molar-refractivity contribution in [3.05, 3.63) is 70.4 Å². The van der Waals surface area contributed by atoms with E-state index >= 15 is 0 Å². The Kier molecular flexibility index (Phi) is 4.47. The van der Waals surface area contributed by atoms with Gasteiger partial charge in [-0.1, -0.05) is 23.7 Å². The smallest absolute Gasteiger partial charge is 0.275 e. The summed E-state index contributed by atoms with van der Waals surface area (Å²) in [4.78, 5) is 33.5. The fourth-order valence-corrected chi connectivity index (χ4v) is 3.81. The van der Waals surface area contributed by atoms with Crippen LogP contribution in [0.15, 0.2) is 59.8 Å². The Morgan fingerprint density at radius 1 is 1.15 bits per heavy atom. The minimum absolute atomic E-state index is 0.167. The minimum atomic E-state index is -0.205. The lowest BCUT2D eigenvalue weighted by molar-refractivity contribution is -0.114. The highest BCUT2D eigenvalue weighted by Gasteiger charge is 2.12. The lowest BCUT2D eigenvalue weighted by Crippen LogP contribution is -2.18. The Labute approximate surface area is 163 Å². The van der Waals surface area contributed by atoms with E-state index in [9.17, 15) is 9.59 Å². The third-order valence-electron chi connectivity index (χ3n) is 3.90. The number of thiophene rings is 1. The molecule has 6 nitrogen and oxygen atoms in total. The Morgan fingerprint density at radius 2 is 1.93 bits per heavy atom. The summed E-state index contributed by atoms with van der Waals surface area (Å²) in [6, 6.07) is 12.7. The monoisotopic (exact) mass is 396 g/mol. The summed E-state index contributed by atoms with van der Waals surface area (Å²) in [5.74, 6) is 0.221. The van der Waals surface area contributed by atoms with Crippen molar-refractivity contribution < 1.29 is 4.79 Å². The van der Waals surface area contributed by atoms with Crippen LogP contribution in [0.5, 0.6) is 0 Å². The molecule has 0 saturated carbocycles. The molecule has 1 amide bonds. The van der Waals surface area contributed by atoms with Crippen LogP contribution in [-0.4, -0.2) is 20.4 Å². The van der Waals surface area contributed by atoms with Crippen molar-refractivity contribution in [2.24, 2.45) is 0 Å². The second-order valence-electron chi connectivity index (χ2n) is 5.83. The number of amides is 1. The van der Waals surface area contributed by atoms with Crippen LogP contribution in [0.4, 0.5) is 5.82 Å². The third kappa shape index (κ3) is 3.47. The molecule has 27 heavy (non-hydrogen) atoms. The van der Waals surface area contributed by atoms with Crippen LogP contribution in [0.3, 0.4) is 0 Å². The Bertz CT molecular complexity index is 1200. The standard InChI is InChI=1S/C19H13ClN4O2S/c1-11(25)23-17-7-6-14(9-21-17)24-10-22-15-8-16(27-18(15)19(24)26)12-2-4-13(20)5-3-12/h2-10H,1H3,(H,21,23,25). The van der Waals surface area contributed by atoms with Gasteiger partial charge in [-0.3, -0.25) is 14.2 Å². The molecule has 8 heteroatoms. The van der Waals surface area contributed by atoms with E-state index in [1.54, 1.807) is 12.1 Å². The topological polar surface area (TPSA) is 76.9 Å². The molecule has 1 aromatic carbocycles. The van der Waals surface area contributed by atoms with Crippen LogP contribution < -0.4 is 10.9 Å². The highest BCUT2D eigenvalue weighted by atomic mass is 35.5. The van der Waals surface area contributed by atoms with Crippen molar-refractivity contribution in [1.82, 2.24) is 14.5 Å². The fourth-order valence-electron chi connectivity index (χ4n) is 2.64. The number of aromatic nitrogens is 3. The molecule has 0 fully saturated rings. The van der Waals surface area contributed by atoms with Crippen LogP contribution in [-0.2, 0) is 4.79 Å². The number of anilines is 1. The molecular formula is C19H13ClN4O2S. The lowest BCUT2D eigenvalue weighted by atomic mass is 10.2. The zero-order valence-corrected chi connectivity index (χ0v) is 15.7. The van der Waals surface area contributed by atoms with E-state index in [0.717, 1.165) is 10.4 Å². The van der Waals surface area contributed by atoms with Crippen LogP contribution in [0.1, 0.15) is 6.92 Å². The number of carbonyl (C=O) groups is 1. The van der Waals surface area contributed by atoms with Gasteiger partial charge in [-0.25, -0.2) is 9.97 Å². The van der Waals surface area contributed by atoms with Gasteiger partial charge in [0.15, 0.2) is 0 Å². The molecule has 0 aliphatic carbocycles. The van der Waals surface area contributed by atoms with Crippen molar-refractivity contribution >= 4 is 44.9 Å². The number of benzene rings is 1. The van der Waals surface area contributed by atoms with Crippen LogP contribution in [0, 0.1) is 0 Å². The maximum Gasteiger partial charge on any atom is 0.275 e. The van der Waals surface area contributed by atoms with E-state index in [4.69, 9.17) is 11.6 Å². The lowest BCUT2D eigenvalue weighted by Gasteiger charge is -2.06. The molecule has 4 aromatic rings. The van der Waals surface area contributed by atoms with Gasteiger partial charge >= 0.3 is 0 Å². The molecular weight excluding hydrogens is 384 g/mol. The molecule has 0 aliphatic heterocycles. The Morgan fingerprint density at radius 3 is 2.59 bits per heavy atom. The number of halogens is 1. The normalized spacial score (nSPS) is 10.9. The first-order valence-corrected chi connectivity index (χ1v) is 9.22. The number of rotatable bonds is 3. The van der Waals surface area contributed by atoms with Gasteiger partial charge in [0, 0.05) is 16.8 Å². The number of hydrogen-bond acceptors (Lipinski definition) is 5. The van der Waals surface area contributed by atoms with Gasteiger partial charge < -0.3 is 5.32 Å². The summed E-state index contributed by atoms with van der Waals surface area (Å²) in [6.45, 7) is 1.41. The van der Waals surface area contributed by atoms with Crippen LogP contribution in [0.25, 0.3) is 26.3 Å². The van der Waals surface area contributed by atoms with E-state index < -0.39 is 0 Å². The van der Waals surface area contributed by atoms with E-state index in [2.05, 4.69) is 15.3 Å². The molecule has 0 atom stereocenters. The fraction of sp³-hybridized carbons (Fsp3) is 0.0526. The van der Waals surface area contributed by atoms with Gasteiger partial charge in [0.25, 0.3) is 5.56 Å². The summed E-state index contributed by atoms with van der Waals surface area (Å²) in [5.41, 5.74) is 2.04. The Hall–Kier alpha value is -3.03. The molecule has 3 aromatic heterocycles. The van der Waals surface area contributed by atoms with Crippen molar-refractivity contribution in [3.8, 4) is 16.1 Å². The largest absolute Gasteiger partial charge is 0.311 e. The molecule has 134 valence electrons. The first kappa shape index (κ1) is 17.4. The average Bonchev–Trinajstić information content (AvgIpc) is 3.08. The van der Waals surface area contributed by atoms with Crippen LogP contribution in [0.2, 0.25) is 5.02 Å². The third-order valence-corrected chi connectivity index (χ3v) is 5.31. The molecule has 0 unspecified atom stereocenters. The first-order valence-electron chi connectivity index (χ1n) is 8.02. The van der Waals surface area contributed by atoms with Gasteiger partial charge in [0.1, 0.15) is 16.8 Å². The predicted octanol–water partition coefficient (Wildman–Crippen LogP) is 4.12. The number of fused-ring (bicyclic) bond motifs is 1. The van der Waals surface area contributed by atoms with Crippen molar-refractivity contribution in [2.45, 2.75) is 6.92 Å². The first-order chi connectivity index (χ1) is 13.0. The zero-order chi connectivity index (χ0) is 19.0. The summed E-state index contributed by atoms with van der Waals surface area (Å²) in [5, 5.41) is 3.26. The summed E-state index contributed by atoms with van der Waals surface area (Å²) in [6.07, 6.45) is 3.01. The maximum atomic E-state index is 12.9. The van der Waals surface area contributed by atoms with Gasteiger partial charge in [-0.15, -0.1) is 11.3 Å². The molecule has 0 saturated heterocycles. The predicted molar refractivity (Wildman–Crippen MR) is 108 cm³/mol. The molecule has 0 spiro atoms.